The van der Waals surface area contributed by atoms with Crippen molar-refractivity contribution in [3.05, 3.63) is 59.7 Å². The van der Waals surface area contributed by atoms with Gasteiger partial charge in [-0.1, -0.05) is 12.1 Å². The van der Waals surface area contributed by atoms with Gasteiger partial charge in [-0.05, 0) is 49.7 Å². The molecule has 1 aliphatic heterocycles. The molecule has 0 saturated carbocycles. The molecule has 0 aromatic heterocycles. The minimum atomic E-state index is -2.97. The first kappa shape index (κ1) is 18.7. The second kappa shape index (κ2) is 7.63. The molecule has 0 unspecified atom stereocenters. The average molecular weight is 390 g/mol. The number of sulfone groups is 1. The first-order valence-corrected chi connectivity index (χ1v) is 10.8. The summed E-state index contributed by atoms with van der Waals surface area (Å²) in [6.07, 6.45) is 0.586. The van der Waals surface area contributed by atoms with Gasteiger partial charge in [0.2, 0.25) is 0 Å². The number of hydrogen-bond acceptors (Lipinski definition) is 6. The smallest absolute Gasteiger partial charge is 0.344 e. The van der Waals surface area contributed by atoms with Crippen LogP contribution in [0, 0.1) is 0 Å². The normalized spacial score (nSPS) is 18.4. The van der Waals surface area contributed by atoms with Crippen LogP contribution in [-0.4, -0.2) is 36.9 Å². The van der Waals surface area contributed by atoms with Crippen molar-refractivity contribution in [3.63, 3.8) is 0 Å². The van der Waals surface area contributed by atoms with Gasteiger partial charge in [-0.2, -0.15) is 0 Å². The van der Waals surface area contributed by atoms with E-state index in [2.05, 4.69) is 0 Å². The highest BCUT2D eigenvalue weighted by molar-refractivity contribution is 8.02. The molecule has 1 atom stereocenters. The molecule has 0 spiro atoms. The number of ketones is 1. The lowest BCUT2D eigenvalue weighted by molar-refractivity contribution is 0.0731. The molecule has 0 aliphatic carbocycles. The zero-order valence-corrected chi connectivity index (χ0v) is 15.8. The lowest BCUT2D eigenvalue weighted by Gasteiger charge is -2.12. The van der Waals surface area contributed by atoms with Crippen LogP contribution in [0.2, 0.25) is 0 Å². The first-order valence-electron chi connectivity index (χ1n) is 8.13. The molecule has 3 rings (SSSR count). The lowest BCUT2D eigenvalue weighted by Crippen LogP contribution is -2.12. The van der Waals surface area contributed by atoms with Crippen molar-refractivity contribution >= 4 is 33.4 Å². The maximum Gasteiger partial charge on any atom is 0.344 e. The van der Waals surface area contributed by atoms with Crippen LogP contribution in [-0.2, 0) is 9.84 Å². The predicted molar refractivity (Wildman–Crippen MR) is 101 cm³/mol. The molecule has 1 aliphatic rings. The molecule has 26 heavy (non-hydrogen) atoms. The molecular weight excluding hydrogens is 372 g/mol. The van der Waals surface area contributed by atoms with Gasteiger partial charge in [-0.15, -0.1) is 11.8 Å². The van der Waals surface area contributed by atoms with Gasteiger partial charge in [-0.3, -0.25) is 4.79 Å². The van der Waals surface area contributed by atoms with Crippen LogP contribution in [0.25, 0.3) is 0 Å². The van der Waals surface area contributed by atoms with Crippen LogP contribution in [0.5, 0.6) is 5.75 Å². The number of Topliss-reactive ketones (excluding diaryl/α,β-unsaturated/α-hetero) is 1. The lowest BCUT2D eigenvalue weighted by atomic mass is 10.1. The Hall–Kier alpha value is -2.12. The maximum atomic E-state index is 12.5. The third-order valence-corrected chi connectivity index (χ3v) is 7.39. The molecule has 0 amide bonds. The van der Waals surface area contributed by atoms with E-state index in [9.17, 15) is 18.0 Å². The molecule has 2 aromatic rings. The summed E-state index contributed by atoms with van der Waals surface area (Å²) in [4.78, 5) is 24.5. The molecular formula is C19H18O5S2. The van der Waals surface area contributed by atoms with E-state index in [0.717, 1.165) is 0 Å². The van der Waals surface area contributed by atoms with Crippen LogP contribution < -0.4 is 4.74 Å². The number of benzene rings is 2. The van der Waals surface area contributed by atoms with Gasteiger partial charge in [0.15, 0.2) is 15.6 Å². The minimum Gasteiger partial charge on any atom is -0.423 e. The molecule has 136 valence electrons. The quantitative estimate of drug-likeness (QED) is 0.442. The molecule has 5 nitrogen and oxygen atoms in total. The van der Waals surface area contributed by atoms with Gasteiger partial charge in [0.05, 0.1) is 17.1 Å². The number of carbonyl (C=O) groups excluding carboxylic acids is 2. The number of carbonyl (C=O) groups is 2. The zero-order chi connectivity index (χ0) is 18.7. The van der Waals surface area contributed by atoms with E-state index in [4.69, 9.17) is 4.74 Å². The highest BCUT2D eigenvalue weighted by Gasteiger charge is 2.29. The largest absolute Gasteiger partial charge is 0.423 e. The Morgan fingerprint density at radius 1 is 1.08 bits per heavy atom. The summed E-state index contributed by atoms with van der Waals surface area (Å²) in [6.45, 7) is 1.47. The number of hydrogen-bond donors (Lipinski definition) is 0. The van der Waals surface area contributed by atoms with E-state index in [-0.39, 0.29) is 22.5 Å². The van der Waals surface area contributed by atoms with E-state index in [1.54, 1.807) is 42.5 Å². The van der Waals surface area contributed by atoms with Gasteiger partial charge in [0.1, 0.15) is 5.75 Å². The van der Waals surface area contributed by atoms with Crippen LogP contribution in [0.4, 0.5) is 0 Å². The van der Waals surface area contributed by atoms with Crippen molar-refractivity contribution in [2.75, 3.05) is 11.5 Å². The van der Waals surface area contributed by atoms with Crippen LogP contribution in [0.1, 0.15) is 34.1 Å². The van der Waals surface area contributed by atoms with E-state index in [0.29, 0.717) is 28.2 Å². The minimum absolute atomic E-state index is 0.0520. The standard InChI is InChI=1S/C19H18O5S2/c1-13(20)14-6-8-15(9-7-14)24-19(21)17-4-2-3-5-18(17)25-16-10-11-26(22,23)12-16/h2-9,16H,10-12H2,1H3/t16-/m1/s1. The van der Waals surface area contributed by atoms with E-state index >= 15 is 0 Å². The van der Waals surface area contributed by atoms with Crippen LogP contribution >= 0.6 is 11.8 Å². The number of rotatable bonds is 5. The number of thioether (sulfide) groups is 1. The monoisotopic (exact) mass is 390 g/mol. The summed E-state index contributed by atoms with van der Waals surface area (Å²) in [5.74, 6) is 0.108. The van der Waals surface area contributed by atoms with Crippen LogP contribution in [0.15, 0.2) is 53.4 Å². The van der Waals surface area contributed by atoms with Gasteiger partial charge < -0.3 is 4.74 Å². The topological polar surface area (TPSA) is 77.5 Å². The summed E-state index contributed by atoms with van der Waals surface area (Å²) in [6, 6.07) is 13.4. The summed E-state index contributed by atoms with van der Waals surface area (Å²) in [5.41, 5.74) is 0.945. The molecule has 1 heterocycles. The van der Waals surface area contributed by atoms with Crippen molar-refractivity contribution in [3.8, 4) is 5.75 Å². The Balaban J connectivity index is 1.74. The highest BCUT2D eigenvalue weighted by Crippen LogP contribution is 2.33. The summed E-state index contributed by atoms with van der Waals surface area (Å²) >= 11 is 1.40. The Kier molecular flexibility index (Phi) is 5.48. The zero-order valence-electron chi connectivity index (χ0n) is 14.2. The van der Waals surface area contributed by atoms with Crippen molar-refractivity contribution < 1.29 is 22.7 Å². The van der Waals surface area contributed by atoms with E-state index in [1.165, 1.54) is 18.7 Å². The molecule has 0 N–H and O–H groups in total. The Bertz CT molecular complexity index is 933. The van der Waals surface area contributed by atoms with Gasteiger partial charge in [0.25, 0.3) is 0 Å². The third kappa shape index (κ3) is 4.53. The molecule has 1 fully saturated rings. The summed E-state index contributed by atoms with van der Waals surface area (Å²) < 4.78 is 28.7. The fourth-order valence-electron chi connectivity index (χ4n) is 2.69. The second-order valence-electron chi connectivity index (χ2n) is 6.11. The fraction of sp³-hybridized carbons (Fsp3) is 0.263. The Labute approximate surface area is 156 Å². The number of esters is 1. The van der Waals surface area contributed by atoms with Gasteiger partial charge >= 0.3 is 5.97 Å². The van der Waals surface area contributed by atoms with Crippen molar-refractivity contribution in [1.29, 1.82) is 0 Å². The fourth-order valence-corrected chi connectivity index (χ4v) is 6.31. The van der Waals surface area contributed by atoms with Gasteiger partial charge in [0, 0.05) is 15.7 Å². The first-order chi connectivity index (χ1) is 12.3. The summed E-state index contributed by atoms with van der Waals surface area (Å²) in [5, 5.41) is -0.0520. The third-order valence-electron chi connectivity index (χ3n) is 4.06. The molecule has 0 bridgehead atoms. The predicted octanol–water partition coefficient (Wildman–Crippen LogP) is 3.39. The molecule has 7 heteroatoms. The summed E-state index contributed by atoms with van der Waals surface area (Å²) in [7, 11) is -2.97. The van der Waals surface area contributed by atoms with Crippen molar-refractivity contribution in [1.82, 2.24) is 0 Å². The number of ether oxygens (including phenoxy) is 1. The SMILES string of the molecule is CC(=O)c1ccc(OC(=O)c2ccccc2S[C@@H]2CCS(=O)(=O)C2)cc1. The van der Waals surface area contributed by atoms with E-state index in [1.807, 2.05) is 6.07 Å². The Morgan fingerprint density at radius 3 is 2.38 bits per heavy atom. The maximum absolute atomic E-state index is 12.5. The van der Waals surface area contributed by atoms with E-state index < -0.39 is 15.8 Å². The molecule has 1 saturated heterocycles. The van der Waals surface area contributed by atoms with Gasteiger partial charge in [-0.25, -0.2) is 13.2 Å². The van der Waals surface area contributed by atoms with Crippen molar-refractivity contribution in [2.45, 2.75) is 23.5 Å². The van der Waals surface area contributed by atoms with Crippen molar-refractivity contribution in [2.24, 2.45) is 0 Å². The molecule has 0 radical (unpaired) electrons. The Morgan fingerprint density at radius 2 is 1.77 bits per heavy atom. The highest BCUT2D eigenvalue weighted by atomic mass is 32.2. The molecule has 2 aromatic carbocycles. The second-order valence-corrected chi connectivity index (χ2v) is 9.68. The average Bonchev–Trinajstić information content (AvgIpc) is 2.94. The van der Waals surface area contributed by atoms with Crippen LogP contribution in [0.3, 0.4) is 0 Å².